The summed E-state index contributed by atoms with van der Waals surface area (Å²) in [5, 5.41) is 5.63. The number of hydrogen-bond donors (Lipinski definition) is 2. The number of carbonyl (C=O) groups excluding carboxylic acids is 2. The lowest BCUT2D eigenvalue weighted by Gasteiger charge is -2.17. The van der Waals surface area contributed by atoms with Crippen LogP contribution in [-0.4, -0.2) is 44.7 Å². The second kappa shape index (κ2) is 9.39. The van der Waals surface area contributed by atoms with Gasteiger partial charge in [0.05, 0.1) is 18.0 Å². The summed E-state index contributed by atoms with van der Waals surface area (Å²) >= 11 is 5.77. The van der Waals surface area contributed by atoms with Crippen molar-refractivity contribution in [2.75, 3.05) is 25.5 Å². The molecule has 7 nitrogen and oxygen atoms in total. The molecule has 0 fully saturated rings. The van der Waals surface area contributed by atoms with Crippen molar-refractivity contribution in [2.24, 2.45) is 0 Å². The molecule has 0 saturated heterocycles. The standard InChI is InChI=1S/C20H24ClN3O4S/c1-13-9-14(2)20(15(3)10-13)23-18(25)11-22-19(26)12-24(4)29(27,28)17-7-5-16(21)6-8-17/h5-10H,11-12H2,1-4H3,(H,22,26)(H,23,25). The Hall–Kier alpha value is -2.42. The molecule has 0 unspecified atom stereocenters. The molecule has 0 bridgehead atoms. The molecule has 2 aromatic rings. The molecule has 0 heterocycles. The van der Waals surface area contributed by atoms with E-state index in [-0.39, 0.29) is 11.4 Å². The molecule has 0 atom stereocenters. The van der Waals surface area contributed by atoms with Crippen LogP contribution in [0.3, 0.4) is 0 Å². The Morgan fingerprint density at radius 1 is 1.00 bits per heavy atom. The fourth-order valence-corrected chi connectivity index (χ4v) is 4.12. The van der Waals surface area contributed by atoms with Gasteiger partial charge < -0.3 is 10.6 Å². The predicted octanol–water partition coefficient (Wildman–Crippen LogP) is 2.64. The van der Waals surface area contributed by atoms with Crippen LogP contribution in [-0.2, 0) is 19.6 Å². The van der Waals surface area contributed by atoms with Gasteiger partial charge in [0, 0.05) is 17.8 Å². The average molecular weight is 438 g/mol. The van der Waals surface area contributed by atoms with Crippen LogP contribution in [0.1, 0.15) is 16.7 Å². The van der Waals surface area contributed by atoms with Gasteiger partial charge in [0.15, 0.2) is 0 Å². The number of hydrogen-bond acceptors (Lipinski definition) is 4. The Bertz CT molecular complexity index is 998. The number of aryl methyl sites for hydroxylation is 3. The van der Waals surface area contributed by atoms with Crippen molar-refractivity contribution < 1.29 is 18.0 Å². The Labute approximate surface area is 176 Å². The van der Waals surface area contributed by atoms with Crippen molar-refractivity contribution in [2.45, 2.75) is 25.7 Å². The highest BCUT2D eigenvalue weighted by molar-refractivity contribution is 7.89. The predicted molar refractivity (Wildman–Crippen MR) is 114 cm³/mol. The van der Waals surface area contributed by atoms with Gasteiger partial charge in [-0.25, -0.2) is 8.42 Å². The quantitative estimate of drug-likeness (QED) is 0.696. The van der Waals surface area contributed by atoms with E-state index >= 15 is 0 Å². The van der Waals surface area contributed by atoms with Crippen LogP contribution in [0.25, 0.3) is 0 Å². The normalized spacial score (nSPS) is 11.4. The van der Waals surface area contributed by atoms with E-state index < -0.39 is 28.4 Å². The molecule has 0 saturated carbocycles. The van der Waals surface area contributed by atoms with Crippen LogP contribution in [0.5, 0.6) is 0 Å². The van der Waals surface area contributed by atoms with Crippen LogP contribution in [0.4, 0.5) is 5.69 Å². The van der Waals surface area contributed by atoms with E-state index in [4.69, 9.17) is 11.6 Å². The fraction of sp³-hybridized carbons (Fsp3) is 0.300. The van der Waals surface area contributed by atoms with Crippen molar-refractivity contribution in [3.8, 4) is 0 Å². The number of likely N-dealkylation sites (N-methyl/N-ethyl adjacent to an activating group) is 1. The number of nitrogens with zero attached hydrogens (tertiary/aromatic N) is 1. The molecule has 0 aliphatic carbocycles. The van der Waals surface area contributed by atoms with E-state index in [0.717, 1.165) is 21.0 Å². The third kappa shape index (κ3) is 6.03. The maximum atomic E-state index is 12.5. The van der Waals surface area contributed by atoms with Gasteiger partial charge in [-0.15, -0.1) is 0 Å². The molecular weight excluding hydrogens is 414 g/mol. The van der Waals surface area contributed by atoms with Crippen LogP contribution < -0.4 is 10.6 Å². The number of benzene rings is 2. The first-order chi connectivity index (χ1) is 13.5. The molecule has 2 amide bonds. The SMILES string of the molecule is Cc1cc(C)c(NC(=O)CNC(=O)CN(C)S(=O)(=O)c2ccc(Cl)cc2)c(C)c1. The molecule has 0 spiro atoms. The molecule has 0 radical (unpaired) electrons. The Morgan fingerprint density at radius 3 is 2.10 bits per heavy atom. The molecular formula is C20H24ClN3O4S. The molecule has 2 N–H and O–H groups in total. The summed E-state index contributed by atoms with van der Waals surface area (Å²) in [6, 6.07) is 9.57. The summed E-state index contributed by atoms with van der Waals surface area (Å²) in [7, 11) is -2.55. The minimum atomic E-state index is -3.84. The maximum absolute atomic E-state index is 12.5. The monoisotopic (exact) mass is 437 g/mol. The van der Waals surface area contributed by atoms with Crippen LogP contribution in [0, 0.1) is 20.8 Å². The van der Waals surface area contributed by atoms with E-state index in [1.807, 2.05) is 32.9 Å². The van der Waals surface area contributed by atoms with Crippen molar-refractivity contribution in [3.05, 3.63) is 58.1 Å². The number of halogens is 1. The van der Waals surface area contributed by atoms with E-state index in [9.17, 15) is 18.0 Å². The Kier molecular flexibility index (Phi) is 7.40. The minimum absolute atomic E-state index is 0.0280. The Morgan fingerprint density at radius 2 is 1.55 bits per heavy atom. The van der Waals surface area contributed by atoms with Crippen LogP contribution >= 0.6 is 11.6 Å². The zero-order valence-electron chi connectivity index (χ0n) is 16.7. The first-order valence-electron chi connectivity index (χ1n) is 8.87. The second-order valence-electron chi connectivity index (χ2n) is 6.81. The fourth-order valence-electron chi connectivity index (χ4n) is 2.87. The Balaban J connectivity index is 1.92. The zero-order chi connectivity index (χ0) is 21.8. The highest BCUT2D eigenvalue weighted by Gasteiger charge is 2.23. The third-order valence-electron chi connectivity index (χ3n) is 4.28. The van der Waals surface area contributed by atoms with Gasteiger partial charge in [-0.05, 0) is 56.2 Å². The molecule has 0 aliphatic rings. The maximum Gasteiger partial charge on any atom is 0.243 e. The smallest absolute Gasteiger partial charge is 0.243 e. The lowest BCUT2D eigenvalue weighted by molar-refractivity contribution is -0.124. The first-order valence-corrected chi connectivity index (χ1v) is 10.7. The van der Waals surface area contributed by atoms with E-state index in [2.05, 4.69) is 10.6 Å². The summed E-state index contributed by atoms with van der Waals surface area (Å²) in [6.45, 7) is 5.08. The molecule has 2 rings (SSSR count). The highest BCUT2D eigenvalue weighted by atomic mass is 35.5. The van der Waals surface area contributed by atoms with Gasteiger partial charge in [-0.2, -0.15) is 4.31 Å². The number of anilines is 1. The number of rotatable bonds is 7. The van der Waals surface area contributed by atoms with Crippen molar-refractivity contribution in [3.63, 3.8) is 0 Å². The summed E-state index contributed by atoms with van der Waals surface area (Å²) in [5.74, 6) is -0.978. The molecule has 0 aromatic heterocycles. The number of amides is 2. The molecule has 9 heteroatoms. The molecule has 2 aromatic carbocycles. The van der Waals surface area contributed by atoms with Crippen molar-refractivity contribution in [1.82, 2.24) is 9.62 Å². The van der Waals surface area contributed by atoms with Gasteiger partial charge >= 0.3 is 0 Å². The lowest BCUT2D eigenvalue weighted by atomic mass is 10.1. The minimum Gasteiger partial charge on any atom is -0.346 e. The van der Waals surface area contributed by atoms with Crippen LogP contribution in [0.2, 0.25) is 5.02 Å². The van der Waals surface area contributed by atoms with Gasteiger partial charge in [0.2, 0.25) is 21.8 Å². The van der Waals surface area contributed by atoms with E-state index in [1.54, 1.807) is 0 Å². The van der Waals surface area contributed by atoms with Gasteiger partial charge in [0.25, 0.3) is 0 Å². The van der Waals surface area contributed by atoms with Crippen molar-refractivity contribution in [1.29, 1.82) is 0 Å². The average Bonchev–Trinajstić information content (AvgIpc) is 2.63. The first kappa shape index (κ1) is 22.9. The summed E-state index contributed by atoms with van der Waals surface area (Å²) in [5.41, 5.74) is 3.65. The summed E-state index contributed by atoms with van der Waals surface area (Å²) in [6.07, 6.45) is 0. The third-order valence-corrected chi connectivity index (χ3v) is 6.35. The van der Waals surface area contributed by atoms with Gasteiger partial charge in [0.1, 0.15) is 0 Å². The highest BCUT2D eigenvalue weighted by Crippen LogP contribution is 2.21. The zero-order valence-corrected chi connectivity index (χ0v) is 18.3. The van der Waals surface area contributed by atoms with Gasteiger partial charge in [-0.1, -0.05) is 29.3 Å². The molecule has 0 aliphatic heterocycles. The molecule has 29 heavy (non-hydrogen) atoms. The summed E-state index contributed by atoms with van der Waals surface area (Å²) < 4.78 is 25.9. The lowest BCUT2D eigenvalue weighted by Crippen LogP contribution is -2.41. The largest absolute Gasteiger partial charge is 0.346 e. The van der Waals surface area contributed by atoms with Crippen LogP contribution in [0.15, 0.2) is 41.3 Å². The number of carbonyl (C=O) groups is 2. The topological polar surface area (TPSA) is 95.6 Å². The second-order valence-corrected chi connectivity index (χ2v) is 9.29. The number of sulfonamides is 1. The van der Waals surface area contributed by atoms with Crippen molar-refractivity contribution >= 4 is 39.1 Å². The van der Waals surface area contributed by atoms with E-state index in [0.29, 0.717) is 10.7 Å². The number of nitrogens with one attached hydrogen (secondary N) is 2. The van der Waals surface area contributed by atoms with E-state index in [1.165, 1.54) is 31.3 Å². The van der Waals surface area contributed by atoms with Gasteiger partial charge in [-0.3, -0.25) is 9.59 Å². The molecule has 156 valence electrons. The summed E-state index contributed by atoms with van der Waals surface area (Å²) in [4.78, 5) is 24.3.